The molecule has 0 saturated heterocycles. The van der Waals surface area contributed by atoms with E-state index >= 15 is 0 Å². The summed E-state index contributed by atoms with van der Waals surface area (Å²) in [7, 11) is -3.70. The monoisotopic (exact) mass is 360 g/mol. The van der Waals surface area contributed by atoms with Crippen LogP contribution >= 0.6 is 11.3 Å². The van der Waals surface area contributed by atoms with Gasteiger partial charge in [-0.3, -0.25) is 4.79 Å². The van der Waals surface area contributed by atoms with Crippen molar-refractivity contribution in [1.82, 2.24) is 9.71 Å². The number of nitrogens with one attached hydrogen (secondary N) is 1. The van der Waals surface area contributed by atoms with Gasteiger partial charge in [0.05, 0.1) is 12.1 Å². The molecule has 1 rings (SSSR count). The maximum Gasteiger partial charge on any atom is 0.223 e. The number of hydrogen-bond donors (Lipinski definition) is 1. The number of carbonyl (C=O) groups is 1. The van der Waals surface area contributed by atoms with Crippen molar-refractivity contribution in [2.75, 3.05) is 6.54 Å². The molecule has 132 valence electrons. The first-order chi connectivity index (χ1) is 10.4. The third-order valence-electron chi connectivity index (χ3n) is 3.80. The average molecular weight is 361 g/mol. The van der Waals surface area contributed by atoms with Crippen molar-refractivity contribution in [3.8, 4) is 0 Å². The third kappa shape index (κ3) is 5.09. The van der Waals surface area contributed by atoms with Gasteiger partial charge in [0, 0.05) is 17.3 Å². The van der Waals surface area contributed by atoms with E-state index in [2.05, 4.69) is 30.5 Å². The number of sulfonamides is 1. The maximum absolute atomic E-state index is 12.5. The molecule has 0 aliphatic rings. The lowest BCUT2D eigenvalue weighted by molar-refractivity contribution is -0.120. The van der Waals surface area contributed by atoms with Crippen LogP contribution in [0.3, 0.4) is 0 Å². The molecule has 0 aliphatic carbocycles. The van der Waals surface area contributed by atoms with Crippen LogP contribution in [0.15, 0.2) is 5.38 Å². The van der Waals surface area contributed by atoms with Gasteiger partial charge in [-0.25, -0.2) is 18.1 Å². The molecule has 0 aromatic carbocycles. The summed E-state index contributed by atoms with van der Waals surface area (Å²) in [4.78, 5) is 17.0. The Morgan fingerprint density at radius 2 is 1.87 bits per heavy atom. The number of rotatable bonds is 8. The minimum absolute atomic E-state index is 0.0441. The largest absolute Gasteiger partial charge is 0.297 e. The number of carbonyl (C=O) groups excluding carboxylic acids is 1. The molecule has 0 aliphatic heterocycles. The fraction of sp³-hybridized carbons (Fsp3) is 0.750. The molecule has 1 aromatic heterocycles. The van der Waals surface area contributed by atoms with Crippen LogP contribution in [0.5, 0.6) is 0 Å². The van der Waals surface area contributed by atoms with Crippen LogP contribution < -0.4 is 4.72 Å². The van der Waals surface area contributed by atoms with Crippen molar-refractivity contribution < 1.29 is 13.2 Å². The van der Waals surface area contributed by atoms with Crippen LogP contribution in [0.4, 0.5) is 0 Å². The van der Waals surface area contributed by atoms with Gasteiger partial charge >= 0.3 is 0 Å². The lowest BCUT2D eigenvalue weighted by Crippen LogP contribution is -2.48. The molecule has 0 unspecified atom stereocenters. The fourth-order valence-electron chi connectivity index (χ4n) is 1.80. The van der Waals surface area contributed by atoms with Crippen molar-refractivity contribution in [3.63, 3.8) is 0 Å². The molecule has 5 nitrogen and oxygen atoms in total. The van der Waals surface area contributed by atoms with Gasteiger partial charge in [-0.2, -0.15) is 0 Å². The normalized spacial score (nSPS) is 13.3. The second-order valence-corrected chi connectivity index (χ2v) is 10.5. The highest BCUT2D eigenvalue weighted by molar-refractivity contribution is 7.91. The summed E-state index contributed by atoms with van der Waals surface area (Å²) in [6.45, 7) is 11.4. The number of ketones is 1. The van der Waals surface area contributed by atoms with Gasteiger partial charge in [0.1, 0.15) is 9.75 Å². The molecular formula is C16H28N2O3S2. The van der Waals surface area contributed by atoms with Crippen LogP contribution in [-0.4, -0.2) is 30.5 Å². The SMILES string of the molecule is CCCCNS(=O)(=O)C(C)(C)C(=O)Cc1nc(C(C)(C)C)cs1. The van der Waals surface area contributed by atoms with Crippen LogP contribution in [0.1, 0.15) is 65.1 Å². The zero-order chi connectivity index (χ0) is 17.9. The Balaban J connectivity index is 2.85. The molecule has 0 bridgehead atoms. The Morgan fingerprint density at radius 3 is 2.35 bits per heavy atom. The van der Waals surface area contributed by atoms with E-state index in [4.69, 9.17) is 0 Å². The van der Waals surface area contributed by atoms with Gasteiger partial charge in [0.15, 0.2) is 5.78 Å². The molecule has 7 heteroatoms. The minimum Gasteiger partial charge on any atom is -0.297 e. The quantitative estimate of drug-likeness (QED) is 0.723. The van der Waals surface area contributed by atoms with Crippen LogP contribution in [-0.2, 0) is 26.7 Å². The number of nitrogens with zero attached hydrogens (tertiary/aromatic N) is 1. The van der Waals surface area contributed by atoms with Gasteiger partial charge in [-0.1, -0.05) is 34.1 Å². The zero-order valence-electron chi connectivity index (χ0n) is 14.9. The predicted molar refractivity (Wildman–Crippen MR) is 95.4 cm³/mol. The zero-order valence-corrected chi connectivity index (χ0v) is 16.5. The summed E-state index contributed by atoms with van der Waals surface area (Å²) in [5.74, 6) is -0.337. The Labute approximate surface area is 144 Å². The number of aromatic nitrogens is 1. The number of unbranched alkanes of at least 4 members (excludes halogenated alkanes) is 1. The highest BCUT2D eigenvalue weighted by Crippen LogP contribution is 2.26. The topological polar surface area (TPSA) is 76.1 Å². The van der Waals surface area contributed by atoms with E-state index in [1.807, 2.05) is 12.3 Å². The standard InChI is InChI=1S/C16H28N2O3S2/c1-7-8-9-17-23(20,21)16(5,6)13(19)10-14-18-12(11-22-14)15(2,3)4/h11,17H,7-10H2,1-6H3. The molecule has 0 fully saturated rings. The molecule has 0 amide bonds. The van der Waals surface area contributed by atoms with Crippen LogP contribution in [0.2, 0.25) is 0 Å². The van der Waals surface area contributed by atoms with E-state index in [1.54, 1.807) is 0 Å². The Morgan fingerprint density at radius 1 is 1.26 bits per heavy atom. The van der Waals surface area contributed by atoms with E-state index in [9.17, 15) is 13.2 Å². The molecule has 1 N–H and O–H groups in total. The van der Waals surface area contributed by atoms with E-state index in [0.717, 1.165) is 18.5 Å². The summed E-state index contributed by atoms with van der Waals surface area (Å²) in [5.41, 5.74) is 0.841. The van der Waals surface area contributed by atoms with Crippen LogP contribution in [0, 0.1) is 0 Å². The molecule has 23 heavy (non-hydrogen) atoms. The lowest BCUT2D eigenvalue weighted by Gasteiger charge is -2.23. The van der Waals surface area contributed by atoms with Crippen molar-refractivity contribution in [3.05, 3.63) is 16.1 Å². The maximum atomic E-state index is 12.5. The van der Waals surface area contributed by atoms with E-state index < -0.39 is 14.8 Å². The molecule has 0 atom stereocenters. The first kappa shape index (κ1) is 20.3. The van der Waals surface area contributed by atoms with E-state index in [-0.39, 0.29) is 17.6 Å². The number of Topliss-reactive ketones (excluding diaryl/α,β-unsaturated/α-hetero) is 1. The van der Waals surface area contributed by atoms with Crippen molar-refractivity contribution in [2.24, 2.45) is 0 Å². The minimum atomic E-state index is -3.70. The fourth-order valence-corrected chi connectivity index (χ4v) is 3.97. The van der Waals surface area contributed by atoms with Gasteiger partial charge in [-0.15, -0.1) is 11.3 Å². The highest BCUT2D eigenvalue weighted by Gasteiger charge is 2.41. The van der Waals surface area contributed by atoms with E-state index in [1.165, 1.54) is 25.2 Å². The van der Waals surface area contributed by atoms with Gasteiger partial charge in [0.2, 0.25) is 10.0 Å². The molecular weight excluding hydrogens is 332 g/mol. The van der Waals surface area contributed by atoms with Gasteiger partial charge in [-0.05, 0) is 20.3 Å². The summed E-state index contributed by atoms with van der Waals surface area (Å²) in [5, 5.41) is 2.60. The molecule has 1 aromatic rings. The number of thiazole rings is 1. The lowest BCUT2D eigenvalue weighted by atomic mass is 9.93. The smallest absolute Gasteiger partial charge is 0.223 e. The van der Waals surface area contributed by atoms with Crippen LogP contribution in [0.25, 0.3) is 0 Å². The Bertz CT molecular complexity index is 641. The average Bonchev–Trinajstić information content (AvgIpc) is 2.87. The van der Waals surface area contributed by atoms with Crippen molar-refractivity contribution >= 4 is 27.1 Å². The molecule has 0 saturated carbocycles. The predicted octanol–water partition coefficient (Wildman–Crippen LogP) is 3.05. The Kier molecular flexibility index (Phi) is 6.52. The summed E-state index contributed by atoms with van der Waals surface area (Å²) < 4.78 is 25.8. The number of hydrogen-bond acceptors (Lipinski definition) is 5. The first-order valence-corrected chi connectivity index (χ1v) is 10.3. The summed E-state index contributed by atoms with van der Waals surface area (Å²) in [6, 6.07) is 0. The van der Waals surface area contributed by atoms with Gasteiger partial charge < -0.3 is 0 Å². The highest BCUT2D eigenvalue weighted by atomic mass is 32.2. The van der Waals surface area contributed by atoms with E-state index in [0.29, 0.717) is 11.6 Å². The molecule has 0 radical (unpaired) electrons. The van der Waals surface area contributed by atoms with Crippen molar-refractivity contribution in [1.29, 1.82) is 0 Å². The molecule has 1 heterocycles. The second kappa shape index (κ2) is 7.40. The third-order valence-corrected chi connectivity index (χ3v) is 6.80. The summed E-state index contributed by atoms with van der Waals surface area (Å²) >= 11 is 1.41. The Hall–Kier alpha value is -0.790. The second-order valence-electron chi connectivity index (χ2n) is 7.24. The molecule has 0 spiro atoms. The summed E-state index contributed by atoms with van der Waals surface area (Å²) in [6.07, 6.45) is 1.69. The van der Waals surface area contributed by atoms with Crippen molar-refractivity contribution in [2.45, 2.75) is 71.0 Å². The van der Waals surface area contributed by atoms with Gasteiger partial charge in [0.25, 0.3) is 0 Å². The first-order valence-electron chi connectivity index (χ1n) is 7.89.